The molecular formula is C30H55N3O10. The van der Waals surface area contributed by atoms with Crippen LogP contribution in [-0.4, -0.2) is 131 Å². The van der Waals surface area contributed by atoms with Gasteiger partial charge in [-0.15, -0.1) is 0 Å². The number of carboxylic acid groups (broad SMARTS) is 1. The molecule has 0 aromatic rings. The summed E-state index contributed by atoms with van der Waals surface area (Å²) in [4.78, 5) is 66.6. The van der Waals surface area contributed by atoms with Crippen LogP contribution >= 0.6 is 0 Å². The topological polar surface area (TPSA) is 152 Å². The van der Waals surface area contributed by atoms with Crippen molar-refractivity contribution in [2.75, 3.05) is 58.9 Å². The molecule has 0 aromatic heterocycles. The molecule has 0 aliphatic rings. The summed E-state index contributed by atoms with van der Waals surface area (Å²) in [6, 6.07) is 0. The highest BCUT2D eigenvalue weighted by molar-refractivity contribution is 5.76. The molecule has 0 saturated heterocycles. The smallest absolute Gasteiger partial charge is 0.320 e. The molecule has 43 heavy (non-hydrogen) atoms. The van der Waals surface area contributed by atoms with E-state index in [0.29, 0.717) is 0 Å². The van der Waals surface area contributed by atoms with E-state index in [1.54, 1.807) is 92.9 Å². The van der Waals surface area contributed by atoms with Gasteiger partial charge in [-0.05, 0) is 83.1 Å². The van der Waals surface area contributed by atoms with Crippen LogP contribution in [0.5, 0.6) is 0 Å². The number of carbonyl (C=O) groups excluding carboxylic acids is 4. The fraction of sp³-hybridized carbons (Fsp3) is 0.833. The first-order chi connectivity index (χ1) is 19.2. The molecule has 0 saturated carbocycles. The zero-order valence-electron chi connectivity index (χ0n) is 28.3. The van der Waals surface area contributed by atoms with Gasteiger partial charge >= 0.3 is 29.8 Å². The summed E-state index contributed by atoms with van der Waals surface area (Å²) in [5.74, 6) is -3.26. The van der Waals surface area contributed by atoms with E-state index >= 15 is 0 Å². The highest BCUT2D eigenvalue weighted by atomic mass is 16.6. The lowest BCUT2D eigenvalue weighted by molar-refractivity contribution is -0.161. The first kappa shape index (κ1) is 40.2. The Labute approximate surface area is 257 Å². The predicted molar refractivity (Wildman–Crippen MR) is 160 cm³/mol. The average Bonchev–Trinajstić information content (AvgIpc) is 2.69. The number of aliphatic carboxylic acids is 1. The van der Waals surface area contributed by atoms with Crippen molar-refractivity contribution in [2.45, 2.75) is 105 Å². The van der Waals surface area contributed by atoms with E-state index in [9.17, 15) is 29.1 Å². The maximum absolute atomic E-state index is 12.7. The molecule has 0 aliphatic heterocycles. The van der Waals surface area contributed by atoms with Crippen molar-refractivity contribution < 1.29 is 48.0 Å². The second-order valence-electron chi connectivity index (χ2n) is 14.4. The van der Waals surface area contributed by atoms with E-state index in [-0.39, 0.29) is 52.4 Å². The molecular weight excluding hydrogens is 562 g/mol. The molecule has 0 aromatic carbocycles. The molecule has 250 valence electrons. The summed E-state index contributed by atoms with van der Waals surface area (Å²) in [5, 5.41) is 9.40. The summed E-state index contributed by atoms with van der Waals surface area (Å²) in [6.45, 7) is 20.3. The van der Waals surface area contributed by atoms with Gasteiger partial charge in [-0.25, -0.2) is 0 Å². The highest BCUT2D eigenvalue weighted by Crippen LogP contribution is 2.12. The monoisotopic (exact) mass is 617 g/mol. The van der Waals surface area contributed by atoms with E-state index in [4.69, 9.17) is 18.9 Å². The summed E-state index contributed by atoms with van der Waals surface area (Å²) < 4.78 is 21.7. The van der Waals surface area contributed by atoms with Gasteiger partial charge in [0.1, 0.15) is 22.4 Å². The minimum atomic E-state index is -1.12. The van der Waals surface area contributed by atoms with Crippen LogP contribution in [0.2, 0.25) is 0 Å². The lowest BCUT2D eigenvalue weighted by Gasteiger charge is -2.30. The van der Waals surface area contributed by atoms with Crippen LogP contribution in [0.4, 0.5) is 0 Å². The van der Waals surface area contributed by atoms with E-state index in [1.165, 1.54) is 4.90 Å². The number of hydrogen-bond donors (Lipinski definition) is 1. The lowest BCUT2D eigenvalue weighted by Crippen LogP contribution is -2.47. The second kappa shape index (κ2) is 16.9. The third kappa shape index (κ3) is 24.4. The van der Waals surface area contributed by atoms with E-state index in [0.717, 1.165) is 0 Å². The number of carbonyl (C=O) groups is 5. The molecule has 0 unspecified atom stereocenters. The first-order valence-corrected chi connectivity index (χ1v) is 14.5. The molecule has 0 amide bonds. The molecule has 1 N–H and O–H groups in total. The molecule has 0 bridgehead atoms. The van der Waals surface area contributed by atoms with Crippen molar-refractivity contribution in [2.24, 2.45) is 0 Å². The SMILES string of the molecule is CC(C)(C)OC(=O)CN(CCN(CC(=O)O)CC(=O)OC(C)(C)C)CCN(CC(=O)OC(C)(C)C)CC(=O)OC(C)(C)C. The Balaban J connectivity index is 5.84. The summed E-state index contributed by atoms with van der Waals surface area (Å²) in [5.41, 5.74) is -2.91. The number of ether oxygens (including phenoxy) is 4. The van der Waals surface area contributed by atoms with Crippen LogP contribution < -0.4 is 0 Å². The van der Waals surface area contributed by atoms with E-state index in [1.807, 2.05) is 0 Å². The number of rotatable bonds is 16. The summed E-state index contributed by atoms with van der Waals surface area (Å²) >= 11 is 0. The Morgan fingerprint density at radius 2 is 0.628 bits per heavy atom. The fourth-order valence-corrected chi connectivity index (χ4v) is 3.68. The van der Waals surface area contributed by atoms with Gasteiger partial charge in [-0.1, -0.05) is 0 Å². The van der Waals surface area contributed by atoms with Crippen molar-refractivity contribution in [3.63, 3.8) is 0 Å². The number of esters is 4. The van der Waals surface area contributed by atoms with Crippen molar-refractivity contribution in [3.05, 3.63) is 0 Å². The molecule has 0 aliphatic carbocycles. The molecule has 0 spiro atoms. The highest BCUT2D eigenvalue weighted by Gasteiger charge is 2.26. The van der Waals surface area contributed by atoms with Crippen molar-refractivity contribution in [3.8, 4) is 0 Å². The minimum Gasteiger partial charge on any atom is -0.480 e. The Hall–Kier alpha value is -2.77. The van der Waals surface area contributed by atoms with Gasteiger partial charge in [0.15, 0.2) is 0 Å². The van der Waals surface area contributed by atoms with Gasteiger partial charge in [0.2, 0.25) is 0 Å². The van der Waals surface area contributed by atoms with Gasteiger partial charge in [0, 0.05) is 26.2 Å². The summed E-state index contributed by atoms with van der Waals surface area (Å²) in [7, 11) is 0. The van der Waals surface area contributed by atoms with E-state index in [2.05, 4.69) is 0 Å². The predicted octanol–water partition coefficient (Wildman–Crippen LogP) is 2.34. The van der Waals surface area contributed by atoms with Crippen molar-refractivity contribution in [1.29, 1.82) is 0 Å². The molecule has 13 nitrogen and oxygen atoms in total. The number of nitrogens with zero attached hydrogens (tertiary/aromatic N) is 3. The van der Waals surface area contributed by atoms with Crippen molar-refractivity contribution >= 4 is 29.8 Å². The third-order valence-corrected chi connectivity index (χ3v) is 4.91. The number of carboxylic acids is 1. The molecule has 0 fully saturated rings. The van der Waals surface area contributed by atoms with Crippen LogP contribution in [0.15, 0.2) is 0 Å². The van der Waals surface area contributed by atoms with Gasteiger partial charge in [0.05, 0.1) is 32.7 Å². The maximum atomic E-state index is 12.7. The fourth-order valence-electron chi connectivity index (χ4n) is 3.68. The minimum absolute atomic E-state index is 0.118. The van der Waals surface area contributed by atoms with Crippen LogP contribution in [0.25, 0.3) is 0 Å². The van der Waals surface area contributed by atoms with Crippen LogP contribution in [0.3, 0.4) is 0 Å². The first-order valence-electron chi connectivity index (χ1n) is 14.5. The van der Waals surface area contributed by atoms with Crippen LogP contribution in [0.1, 0.15) is 83.1 Å². The zero-order valence-corrected chi connectivity index (χ0v) is 28.3. The average molecular weight is 618 g/mol. The Bertz CT molecular complexity index is 910. The largest absolute Gasteiger partial charge is 0.480 e. The van der Waals surface area contributed by atoms with Gasteiger partial charge in [-0.3, -0.25) is 38.7 Å². The quantitative estimate of drug-likeness (QED) is 0.199. The molecule has 13 heteroatoms. The normalized spacial score (nSPS) is 12.8. The maximum Gasteiger partial charge on any atom is 0.320 e. The molecule has 0 radical (unpaired) electrons. The van der Waals surface area contributed by atoms with E-state index < -0.39 is 58.8 Å². The molecule has 0 atom stereocenters. The van der Waals surface area contributed by atoms with Gasteiger partial charge in [0.25, 0.3) is 0 Å². The molecule has 0 rings (SSSR count). The standard InChI is InChI=1S/C30H55N3O10/c1-27(2,3)40-23(36)18-31(13-15-32(17-22(34)35)19-24(37)41-28(4,5)6)14-16-33(20-25(38)42-29(7,8)9)21-26(39)43-30(10,11)12/h13-21H2,1-12H3,(H,34,35). The Kier molecular flexibility index (Phi) is 15.8. The van der Waals surface area contributed by atoms with Gasteiger partial charge < -0.3 is 24.1 Å². The molecule has 0 heterocycles. The third-order valence-electron chi connectivity index (χ3n) is 4.91. The zero-order chi connectivity index (χ0) is 33.8. The Morgan fingerprint density at radius 3 is 0.860 bits per heavy atom. The van der Waals surface area contributed by atoms with Crippen LogP contribution in [-0.2, 0) is 42.9 Å². The van der Waals surface area contributed by atoms with Crippen molar-refractivity contribution in [1.82, 2.24) is 14.7 Å². The summed E-state index contributed by atoms with van der Waals surface area (Å²) in [6.07, 6.45) is 0. The van der Waals surface area contributed by atoms with Crippen LogP contribution in [0, 0.1) is 0 Å². The second-order valence-corrected chi connectivity index (χ2v) is 14.4. The Morgan fingerprint density at radius 1 is 0.419 bits per heavy atom. The lowest BCUT2D eigenvalue weighted by atomic mass is 10.2. The number of hydrogen-bond acceptors (Lipinski definition) is 12. The van der Waals surface area contributed by atoms with Gasteiger partial charge in [-0.2, -0.15) is 0 Å².